The molecule has 0 amide bonds. The first-order valence-electron chi connectivity index (χ1n) is 19.3. The highest BCUT2D eigenvalue weighted by molar-refractivity contribution is 7.22. The third kappa shape index (κ3) is 12.6. The van der Waals surface area contributed by atoms with E-state index < -0.39 is 35.6 Å². The first kappa shape index (κ1) is 44.7. The van der Waals surface area contributed by atoms with E-state index in [9.17, 15) is 18.3 Å². The molecule has 2 atom stereocenters. The number of phenols is 1. The lowest BCUT2D eigenvalue weighted by molar-refractivity contribution is -0.159. The monoisotopic (exact) mass is 844 g/mol. The lowest BCUT2D eigenvalue weighted by Crippen LogP contribution is -2.46. The number of halogens is 3. The summed E-state index contributed by atoms with van der Waals surface area (Å²) in [4.78, 5) is 42.2. The lowest BCUT2D eigenvalue weighted by atomic mass is 9.91. The SMILES string of the molecule is O=C(O)C(=O)O.O=C(O)C(=O)O.Oc1ccc2c(Cc3ccc(O[C@@H]4CCCC[C@H]4N4CCCC4)c(C(F)(F)F)c3)c(-c3ccc(OCCN4CCCC4)cc3)sc2c1. The summed E-state index contributed by atoms with van der Waals surface area (Å²) < 4.78 is 56.9. The molecule has 3 aliphatic rings. The van der Waals surface area contributed by atoms with Gasteiger partial charge in [-0.2, -0.15) is 13.2 Å². The maximum Gasteiger partial charge on any atom is 0.419 e. The van der Waals surface area contributed by atoms with Crippen LogP contribution in [0.25, 0.3) is 20.5 Å². The molecule has 17 heteroatoms. The number of hydrogen-bond donors (Lipinski definition) is 5. The molecule has 2 aliphatic heterocycles. The molecule has 0 unspecified atom stereocenters. The van der Waals surface area contributed by atoms with Gasteiger partial charge in [-0.15, -0.1) is 11.3 Å². The molecule has 318 valence electrons. The van der Waals surface area contributed by atoms with Gasteiger partial charge in [0, 0.05) is 22.2 Å². The molecule has 1 saturated carbocycles. The fraction of sp³-hybridized carbons (Fsp3) is 0.429. The van der Waals surface area contributed by atoms with Gasteiger partial charge in [0.15, 0.2) is 0 Å². The number of carboxylic acid groups (broad SMARTS) is 4. The summed E-state index contributed by atoms with van der Waals surface area (Å²) in [6.45, 7) is 5.80. The summed E-state index contributed by atoms with van der Waals surface area (Å²) in [5, 5.41) is 40.7. The fourth-order valence-corrected chi connectivity index (χ4v) is 8.89. The van der Waals surface area contributed by atoms with E-state index in [-0.39, 0.29) is 23.6 Å². The number of likely N-dealkylation sites (tertiary alicyclic amines) is 2. The van der Waals surface area contributed by atoms with Gasteiger partial charge in [0.1, 0.15) is 30.0 Å². The van der Waals surface area contributed by atoms with Gasteiger partial charge in [-0.05, 0) is 154 Å². The molecule has 1 aliphatic carbocycles. The number of phenolic OH excluding ortho intramolecular Hbond substituents is 1. The Bertz CT molecular complexity index is 2030. The van der Waals surface area contributed by atoms with Crippen molar-refractivity contribution >= 4 is 45.3 Å². The van der Waals surface area contributed by atoms with Crippen LogP contribution in [-0.4, -0.2) is 111 Å². The van der Waals surface area contributed by atoms with Crippen molar-refractivity contribution in [3.8, 4) is 27.7 Å². The van der Waals surface area contributed by atoms with Gasteiger partial charge in [-0.1, -0.05) is 12.5 Å². The van der Waals surface area contributed by atoms with Gasteiger partial charge < -0.3 is 35.0 Å². The normalized spacial score (nSPS) is 18.3. The lowest BCUT2D eigenvalue weighted by Gasteiger charge is -2.38. The van der Waals surface area contributed by atoms with E-state index in [1.165, 1.54) is 25.0 Å². The fourth-order valence-electron chi connectivity index (χ4n) is 7.63. The molecular formula is C42H47F3N2O11S. The predicted octanol–water partition coefficient (Wildman–Crippen LogP) is 7.46. The van der Waals surface area contributed by atoms with Crippen molar-refractivity contribution in [2.24, 2.45) is 0 Å². The van der Waals surface area contributed by atoms with E-state index in [0.717, 1.165) is 103 Å². The largest absolute Gasteiger partial charge is 0.508 e. The van der Waals surface area contributed by atoms with E-state index in [1.54, 1.807) is 29.5 Å². The van der Waals surface area contributed by atoms with E-state index in [0.29, 0.717) is 18.6 Å². The number of aliphatic carboxylic acids is 4. The molecule has 13 nitrogen and oxygen atoms in total. The predicted molar refractivity (Wildman–Crippen MR) is 212 cm³/mol. The zero-order valence-corrected chi connectivity index (χ0v) is 33.0. The molecule has 0 bridgehead atoms. The van der Waals surface area contributed by atoms with Crippen LogP contribution in [-0.2, 0) is 31.8 Å². The van der Waals surface area contributed by atoms with Crippen molar-refractivity contribution in [2.45, 2.75) is 76.1 Å². The molecule has 3 fully saturated rings. The minimum Gasteiger partial charge on any atom is -0.508 e. The van der Waals surface area contributed by atoms with Crippen LogP contribution in [0, 0.1) is 0 Å². The molecule has 0 radical (unpaired) electrons. The number of rotatable bonds is 10. The smallest absolute Gasteiger partial charge is 0.419 e. The summed E-state index contributed by atoms with van der Waals surface area (Å²) in [6, 6.07) is 17.9. The second-order valence-electron chi connectivity index (χ2n) is 14.5. The topological polar surface area (TPSA) is 194 Å². The van der Waals surface area contributed by atoms with Gasteiger partial charge in [0.25, 0.3) is 0 Å². The molecule has 0 spiro atoms. The minimum absolute atomic E-state index is 0.0713. The Labute approximate surface area is 342 Å². The van der Waals surface area contributed by atoms with E-state index >= 15 is 0 Å². The molecule has 1 aromatic heterocycles. The van der Waals surface area contributed by atoms with Crippen molar-refractivity contribution in [3.63, 3.8) is 0 Å². The van der Waals surface area contributed by atoms with Crippen molar-refractivity contribution in [1.29, 1.82) is 0 Å². The Morgan fingerprint density at radius 1 is 0.746 bits per heavy atom. The molecule has 5 N–H and O–H groups in total. The number of ether oxygens (including phenoxy) is 2. The zero-order chi connectivity index (χ0) is 42.7. The Morgan fingerprint density at radius 2 is 1.36 bits per heavy atom. The number of hydrogen-bond acceptors (Lipinski definition) is 10. The second-order valence-corrected chi connectivity index (χ2v) is 15.5. The number of carbonyl (C=O) groups is 4. The van der Waals surface area contributed by atoms with Crippen LogP contribution in [0.1, 0.15) is 68.1 Å². The maximum atomic E-state index is 14.6. The average Bonchev–Trinajstić information content (AvgIpc) is 3.99. The highest BCUT2D eigenvalue weighted by atomic mass is 32.1. The molecule has 2 saturated heterocycles. The van der Waals surface area contributed by atoms with Crippen LogP contribution in [0.4, 0.5) is 13.2 Å². The Balaban J connectivity index is 0.000000484. The van der Waals surface area contributed by atoms with E-state index in [1.807, 2.05) is 30.3 Å². The Hall–Kier alpha value is -5.39. The number of fused-ring (bicyclic) bond motifs is 1. The van der Waals surface area contributed by atoms with Crippen LogP contribution < -0.4 is 9.47 Å². The van der Waals surface area contributed by atoms with Gasteiger partial charge in [0.05, 0.1) is 5.56 Å². The van der Waals surface area contributed by atoms with Gasteiger partial charge in [-0.25, -0.2) is 19.2 Å². The first-order chi connectivity index (χ1) is 28.1. The average molecular weight is 845 g/mol. The summed E-state index contributed by atoms with van der Waals surface area (Å²) in [5.41, 5.74) is 1.76. The number of alkyl halides is 3. The number of nitrogens with zero attached hydrogens (tertiary/aromatic N) is 2. The van der Waals surface area contributed by atoms with Crippen LogP contribution >= 0.6 is 11.3 Å². The first-order valence-corrected chi connectivity index (χ1v) is 20.2. The third-order valence-electron chi connectivity index (χ3n) is 10.4. The van der Waals surface area contributed by atoms with Crippen LogP contribution in [0.5, 0.6) is 17.2 Å². The van der Waals surface area contributed by atoms with E-state index in [2.05, 4.69) is 9.80 Å². The summed E-state index contributed by atoms with van der Waals surface area (Å²) in [6.07, 6.45) is 4.14. The van der Waals surface area contributed by atoms with Crippen LogP contribution in [0.2, 0.25) is 0 Å². The Kier molecular flexibility index (Phi) is 15.6. The Morgan fingerprint density at radius 3 is 1.97 bits per heavy atom. The minimum atomic E-state index is -4.54. The number of benzene rings is 3. The summed E-state index contributed by atoms with van der Waals surface area (Å²) in [5.74, 6) is -6.41. The second kappa shape index (κ2) is 20.5. The van der Waals surface area contributed by atoms with Crippen LogP contribution in [0.3, 0.4) is 0 Å². The molecule has 59 heavy (non-hydrogen) atoms. The van der Waals surface area contributed by atoms with Crippen molar-refractivity contribution in [3.05, 3.63) is 77.4 Å². The number of aromatic hydroxyl groups is 1. The summed E-state index contributed by atoms with van der Waals surface area (Å²) in [7, 11) is 0. The number of carboxylic acids is 4. The van der Waals surface area contributed by atoms with Gasteiger partial charge in [0.2, 0.25) is 0 Å². The zero-order valence-electron chi connectivity index (χ0n) is 32.2. The summed E-state index contributed by atoms with van der Waals surface area (Å²) >= 11 is 1.54. The molecule has 4 aromatic rings. The maximum absolute atomic E-state index is 14.6. The standard InChI is InChI=1S/C38H43F3N2O3S.2C2H2O4/c39-38(40,41)32-24-26(9-16-34(32)46-35-8-2-1-7-33(35)43-19-5-6-20-43)23-31-30-15-12-28(44)25-36(30)47-37(31)27-10-13-29(14-11-27)45-22-21-42-17-3-4-18-42;2*3-1(4)2(5)6/h9-16,24-25,33,35,44H,1-8,17-23H2;2*(H,3,4)(H,5,6)/t33-,35-;;/m1../s1. The highest BCUT2D eigenvalue weighted by Gasteiger charge is 2.38. The van der Waals surface area contributed by atoms with Crippen LogP contribution in [0.15, 0.2) is 60.7 Å². The molecule has 3 heterocycles. The molecular weight excluding hydrogens is 798 g/mol. The number of thiophene rings is 1. The molecule has 7 rings (SSSR count). The third-order valence-corrected chi connectivity index (χ3v) is 11.7. The van der Waals surface area contributed by atoms with E-state index in [4.69, 9.17) is 49.1 Å². The highest BCUT2D eigenvalue weighted by Crippen LogP contribution is 2.44. The molecule has 3 aromatic carbocycles. The van der Waals surface area contributed by atoms with Gasteiger partial charge in [-0.3, -0.25) is 9.80 Å². The van der Waals surface area contributed by atoms with Gasteiger partial charge >= 0.3 is 30.1 Å². The van der Waals surface area contributed by atoms with Crippen molar-refractivity contribution in [1.82, 2.24) is 9.80 Å². The van der Waals surface area contributed by atoms with Crippen molar-refractivity contribution in [2.75, 3.05) is 39.3 Å². The van der Waals surface area contributed by atoms with Crippen molar-refractivity contribution < 1.29 is 67.4 Å². The quantitative estimate of drug-likeness (QED) is 0.0989.